The molecule has 0 aromatic heterocycles. The van der Waals surface area contributed by atoms with Gasteiger partial charge in [-0.15, -0.1) is 11.8 Å². The molecule has 0 amide bonds. The SMILES string of the molecule is CCOCCCC=C[C@H]1CCC=C1SCC(O)CCCC(=O)OO. The van der Waals surface area contributed by atoms with E-state index in [4.69, 9.17) is 9.99 Å². The third-order valence-electron chi connectivity index (χ3n) is 3.88. The summed E-state index contributed by atoms with van der Waals surface area (Å²) < 4.78 is 5.33. The Morgan fingerprint density at radius 3 is 3.08 bits per heavy atom. The monoisotopic (exact) mass is 358 g/mol. The van der Waals surface area contributed by atoms with E-state index in [-0.39, 0.29) is 6.42 Å². The van der Waals surface area contributed by atoms with Crippen molar-refractivity contribution in [3.63, 3.8) is 0 Å². The van der Waals surface area contributed by atoms with Gasteiger partial charge in [0, 0.05) is 31.3 Å². The molecule has 0 aliphatic heterocycles. The first-order valence-corrected chi connectivity index (χ1v) is 9.75. The number of aliphatic hydroxyl groups excluding tert-OH is 1. The number of hydrogen-bond acceptors (Lipinski definition) is 6. The minimum absolute atomic E-state index is 0.133. The van der Waals surface area contributed by atoms with Gasteiger partial charge in [0.2, 0.25) is 0 Å². The van der Waals surface area contributed by atoms with Crippen molar-refractivity contribution >= 4 is 17.7 Å². The summed E-state index contributed by atoms with van der Waals surface area (Å²) in [5.41, 5.74) is 0. The average Bonchev–Trinajstić information content (AvgIpc) is 3.03. The van der Waals surface area contributed by atoms with Gasteiger partial charge in [0.15, 0.2) is 0 Å². The molecular weight excluding hydrogens is 328 g/mol. The molecule has 0 saturated heterocycles. The van der Waals surface area contributed by atoms with Crippen molar-refractivity contribution in [3.8, 4) is 0 Å². The largest absolute Gasteiger partial charge is 0.392 e. The number of ether oxygens (including phenoxy) is 1. The lowest BCUT2D eigenvalue weighted by Crippen LogP contribution is -2.12. The molecule has 138 valence electrons. The Labute approximate surface area is 149 Å². The van der Waals surface area contributed by atoms with Crippen molar-refractivity contribution in [1.29, 1.82) is 0 Å². The molecule has 1 unspecified atom stereocenters. The molecule has 0 bridgehead atoms. The summed E-state index contributed by atoms with van der Waals surface area (Å²) in [6, 6.07) is 0. The van der Waals surface area contributed by atoms with E-state index in [0.717, 1.165) is 38.9 Å². The second-order valence-corrected chi connectivity index (χ2v) is 6.97. The fourth-order valence-corrected chi connectivity index (χ4v) is 3.77. The summed E-state index contributed by atoms with van der Waals surface area (Å²) in [4.78, 5) is 15.7. The molecular formula is C18H30O5S. The average molecular weight is 359 g/mol. The van der Waals surface area contributed by atoms with Crippen LogP contribution in [0.1, 0.15) is 51.9 Å². The molecule has 0 aromatic rings. The maximum atomic E-state index is 10.8. The van der Waals surface area contributed by atoms with Gasteiger partial charge in [-0.25, -0.2) is 4.79 Å². The van der Waals surface area contributed by atoms with Gasteiger partial charge in [-0.05, 0) is 50.4 Å². The zero-order valence-electron chi connectivity index (χ0n) is 14.5. The Kier molecular flexibility index (Phi) is 11.9. The Morgan fingerprint density at radius 1 is 1.50 bits per heavy atom. The second kappa shape index (κ2) is 13.5. The summed E-state index contributed by atoms with van der Waals surface area (Å²) >= 11 is 1.71. The van der Waals surface area contributed by atoms with Gasteiger partial charge >= 0.3 is 5.97 Å². The summed E-state index contributed by atoms with van der Waals surface area (Å²) in [7, 11) is 0. The summed E-state index contributed by atoms with van der Waals surface area (Å²) in [6.45, 7) is 3.60. The molecule has 2 atom stereocenters. The summed E-state index contributed by atoms with van der Waals surface area (Å²) in [5, 5.41) is 18.2. The van der Waals surface area contributed by atoms with E-state index >= 15 is 0 Å². The Morgan fingerprint density at radius 2 is 2.33 bits per heavy atom. The molecule has 6 heteroatoms. The van der Waals surface area contributed by atoms with E-state index in [1.54, 1.807) is 11.8 Å². The Balaban J connectivity index is 2.18. The number of aliphatic hydroxyl groups is 1. The minimum Gasteiger partial charge on any atom is -0.392 e. The van der Waals surface area contributed by atoms with Gasteiger partial charge in [0.25, 0.3) is 0 Å². The molecule has 2 N–H and O–H groups in total. The van der Waals surface area contributed by atoms with Gasteiger partial charge in [0.05, 0.1) is 6.10 Å². The molecule has 0 heterocycles. The van der Waals surface area contributed by atoms with Crippen LogP contribution in [-0.2, 0) is 14.4 Å². The normalized spacial score (nSPS) is 18.8. The second-order valence-electron chi connectivity index (χ2n) is 5.88. The topological polar surface area (TPSA) is 76.0 Å². The predicted octanol–water partition coefficient (Wildman–Crippen LogP) is 3.93. The van der Waals surface area contributed by atoms with Crippen LogP contribution in [0.2, 0.25) is 0 Å². The molecule has 1 rings (SSSR count). The fraction of sp³-hybridized carbons (Fsp3) is 0.722. The van der Waals surface area contributed by atoms with E-state index in [2.05, 4.69) is 23.1 Å². The quantitative estimate of drug-likeness (QED) is 0.225. The molecule has 0 spiro atoms. The highest BCUT2D eigenvalue weighted by Gasteiger charge is 2.18. The van der Waals surface area contributed by atoms with Crippen LogP contribution >= 0.6 is 11.8 Å². The standard InChI is InChI=1S/C18H30O5S/c1-2-22-13-5-3-4-8-15-9-6-11-17(15)24-14-16(19)10-7-12-18(20)23-21/h4,8,11,15-16,19,21H,2-3,5-7,9-10,12-14H2,1H3/t15-,16?/m0/s1. The van der Waals surface area contributed by atoms with Gasteiger partial charge in [0.1, 0.15) is 0 Å². The lowest BCUT2D eigenvalue weighted by Gasteiger charge is -2.13. The van der Waals surface area contributed by atoms with Crippen molar-refractivity contribution in [2.24, 2.45) is 5.92 Å². The molecule has 5 nitrogen and oxygen atoms in total. The first kappa shape index (κ1) is 21.2. The lowest BCUT2D eigenvalue weighted by atomic mass is 10.1. The van der Waals surface area contributed by atoms with Crippen LogP contribution in [0, 0.1) is 5.92 Å². The van der Waals surface area contributed by atoms with Gasteiger partial charge in [-0.1, -0.05) is 18.2 Å². The zero-order valence-corrected chi connectivity index (χ0v) is 15.3. The van der Waals surface area contributed by atoms with E-state index in [9.17, 15) is 9.90 Å². The van der Waals surface area contributed by atoms with Gasteiger partial charge < -0.3 is 14.7 Å². The van der Waals surface area contributed by atoms with Crippen LogP contribution in [0.25, 0.3) is 0 Å². The van der Waals surface area contributed by atoms with E-state index in [1.807, 2.05) is 6.92 Å². The number of thioether (sulfide) groups is 1. The first-order chi connectivity index (χ1) is 11.7. The van der Waals surface area contributed by atoms with Crippen molar-refractivity contribution in [2.75, 3.05) is 19.0 Å². The lowest BCUT2D eigenvalue weighted by molar-refractivity contribution is -0.234. The van der Waals surface area contributed by atoms with Crippen LogP contribution in [0.4, 0.5) is 0 Å². The molecule has 0 aromatic carbocycles. The summed E-state index contributed by atoms with van der Waals surface area (Å²) in [6.07, 6.45) is 11.8. The van der Waals surface area contributed by atoms with E-state index in [1.165, 1.54) is 4.91 Å². The maximum absolute atomic E-state index is 10.8. The van der Waals surface area contributed by atoms with Crippen LogP contribution in [0.15, 0.2) is 23.1 Å². The third kappa shape index (κ3) is 9.47. The molecule has 0 radical (unpaired) electrons. The van der Waals surface area contributed by atoms with Crippen LogP contribution in [0.3, 0.4) is 0 Å². The van der Waals surface area contributed by atoms with Crippen LogP contribution in [0.5, 0.6) is 0 Å². The number of unbranched alkanes of at least 4 members (excludes halogenated alkanes) is 1. The van der Waals surface area contributed by atoms with Crippen LogP contribution in [-0.4, -0.2) is 41.4 Å². The number of rotatable bonds is 13. The Bertz CT molecular complexity index is 408. The smallest absolute Gasteiger partial charge is 0.342 e. The van der Waals surface area contributed by atoms with Crippen molar-refractivity contribution in [1.82, 2.24) is 0 Å². The summed E-state index contributed by atoms with van der Waals surface area (Å²) in [5.74, 6) is 0.454. The first-order valence-electron chi connectivity index (χ1n) is 8.77. The van der Waals surface area contributed by atoms with Crippen molar-refractivity contribution < 1.29 is 24.8 Å². The highest BCUT2D eigenvalue weighted by Crippen LogP contribution is 2.36. The molecule has 0 saturated carbocycles. The molecule has 1 aliphatic rings. The molecule has 0 fully saturated rings. The van der Waals surface area contributed by atoms with Crippen molar-refractivity contribution in [2.45, 2.75) is 58.0 Å². The van der Waals surface area contributed by atoms with E-state index in [0.29, 0.717) is 24.5 Å². The fourth-order valence-electron chi connectivity index (χ4n) is 2.57. The highest BCUT2D eigenvalue weighted by atomic mass is 32.2. The minimum atomic E-state index is -0.650. The number of carbonyl (C=O) groups is 1. The predicted molar refractivity (Wildman–Crippen MR) is 96.7 cm³/mol. The number of allylic oxidation sites excluding steroid dienone is 4. The van der Waals surface area contributed by atoms with Crippen molar-refractivity contribution in [3.05, 3.63) is 23.1 Å². The number of carbonyl (C=O) groups excluding carboxylic acids is 1. The molecule has 24 heavy (non-hydrogen) atoms. The van der Waals surface area contributed by atoms with E-state index < -0.39 is 12.1 Å². The zero-order chi connectivity index (χ0) is 17.6. The number of hydrogen-bond donors (Lipinski definition) is 2. The molecule has 1 aliphatic carbocycles. The third-order valence-corrected chi connectivity index (χ3v) is 5.24. The Hall–Kier alpha value is -0.820. The van der Waals surface area contributed by atoms with Gasteiger partial charge in [-0.2, -0.15) is 5.26 Å². The maximum Gasteiger partial charge on any atom is 0.342 e. The highest BCUT2D eigenvalue weighted by molar-refractivity contribution is 8.03. The van der Waals surface area contributed by atoms with Gasteiger partial charge in [-0.3, -0.25) is 0 Å². The van der Waals surface area contributed by atoms with Crippen LogP contribution < -0.4 is 0 Å².